The van der Waals surface area contributed by atoms with Gasteiger partial charge in [0.2, 0.25) is 5.91 Å². The summed E-state index contributed by atoms with van der Waals surface area (Å²) in [6, 6.07) is 12.5. The van der Waals surface area contributed by atoms with Crippen molar-refractivity contribution < 1.29 is 23.5 Å². The molecule has 1 atom stereocenters. The molecule has 28 heavy (non-hydrogen) atoms. The topological polar surface area (TPSA) is 64.6 Å². The number of carbonyl (C=O) groups is 2. The molecule has 0 aliphatic heterocycles. The fourth-order valence-electron chi connectivity index (χ4n) is 2.41. The Hall–Kier alpha value is -2.89. The van der Waals surface area contributed by atoms with E-state index in [2.05, 4.69) is 5.32 Å². The van der Waals surface area contributed by atoms with Gasteiger partial charge in [0.05, 0.1) is 6.61 Å². The smallest absolute Gasteiger partial charge is 0.333 e. The van der Waals surface area contributed by atoms with Gasteiger partial charge in [-0.1, -0.05) is 51.1 Å². The second-order valence-electron chi connectivity index (χ2n) is 7.37. The van der Waals surface area contributed by atoms with E-state index in [9.17, 15) is 14.0 Å². The van der Waals surface area contributed by atoms with Crippen molar-refractivity contribution >= 4 is 11.9 Å². The van der Waals surface area contributed by atoms with Crippen LogP contribution in [0, 0.1) is 11.2 Å². The number of rotatable bonds is 7. The van der Waals surface area contributed by atoms with Crippen molar-refractivity contribution in [2.24, 2.45) is 5.41 Å². The summed E-state index contributed by atoms with van der Waals surface area (Å²) in [6.07, 6.45) is 0. The predicted molar refractivity (Wildman–Crippen MR) is 104 cm³/mol. The van der Waals surface area contributed by atoms with Gasteiger partial charge in [-0.25, -0.2) is 9.18 Å². The predicted octanol–water partition coefficient (Wildman–Crippen LogP) is 4.17. The molecule has 150 valence electrons. The molecular formula is C22H26FNO4. The number of esters is 1. The van der Waals surface area contributed by atoms with Crippen molar-refractivity contribution in [3.63, 3.8) is 0 Å². The molecular weight excluding hydrogens is 361 g/mol. The summed E-state index contributed by atoms with van der Waals surface area (Å²) in [5, 5.41) is 2.58. The number of ether oxygens (including phenoxy) is 2. The van der Waals surface area contributed by atoms with Gasteiger partial charge in [0.1, 0.15) is 18.2 Å². The highest BCUT2D eigenvalue weighted by Crippen LogP contribution is 2.25. The van der Waals surface area contributed by atoms with Crippen molar-refractivity contribution in [2.75, 3.05) is 6.61 Å². The number of carbonyl (C=O) groups excluding carboxylic acids is 2. The van der Waals surface area contributed by atoms with Crippen LogP contribution in [-0.4, -0.2) is 18.5 Å². The lowest BCUT2D eigenvalue weighted by atomic mass is 9.94. The third-order valence-electron chi connectivity index (χ3n) is 4.01. The summed E-state index contributed by atoms with van der Waals surface area (Å²) in [6.45, 7) is 7.20. The highest BCUT2D eigenvalue weighted by atomic mass is 19.1. The van der Waals surface area contributed by atoms with E-state index in [1.54, 1.807) is 33.8 Å². The third kappa shape index (κ3) is 5.81. The zero-order chi connectivity index (χ0) is 20.7. The summed E-state index contributed by atoms with van der Waals surface area (Å²) in [5.41, 5.74) is 0.247. The molecule has 0 saturated heterocycles. The quantitative estimate of drug-likeness (QED) is 0.724. The van der Waals surface area contributed by atoms with E-state index >= 15 is 0 Å². The number of nitrogens with one attached hydrogen (secondary N) is 1. The Labute approximate surface area is 164 Å². The summed E-state index contributed by atoms with van der Waals surface area (Å²) < 4.78 is 25.4. The summed E-state index contributed by atoms with van der Waals surface area (Å²) in [5.74, 6) is -1.42. The standard InChI is InChI=1S/C22H26FNO4/c1-5-27-20(25)19(24-21(26)22(2,3)4)17-12-11-16(13-18(17)23)28-14-15-9-7-6-8-10-15/h6-13,19H,5,14H2,1-4H3,(H,24,26)/t19-/m1/s1. The molecule has 5 nitrogen and oxygen atoms in total. The minimum atomic E-state index is -1.23. The average Bonchev–Trinajstić information content (AvgIpc) is 2.65. The van der Waals surface area contributed by atoms with Gasteiger partial charge in [-0.3, -0.25) is 4.79 Å². The SMILES string of the molecule is CCOC(=O)[C@H](NC(=O)C(C)(C)C)c1ccc(OCc2ccccc2)cc1F. The molecule has 0 aromatic heterocycles. The zero-order valence-corrected chi connectivity index (χ0v) is 16.6. The monoisotopic (exact) mass is 387 g/mol. The lowest BCUT2D eigenvalue weighted by Crippen LogP contribution is -2.41. The van der Waals surface area contributed by atoms with Crippen LogP contribution < -0.4 is 10.1 Å². The highest BCUT2D eigenvalue weighted by molar-refractivity contribution is 5.88. The summed E-state index contributed by atoms with van der Waals surface area (Å²) >= 11 is 0. The minimum absolute atomic E-state index is 0.0307. The second-order valence-corrected chi connectivity index (χ2v) is 7.37. The molecule has 0 aliphatic carbocycles. The first-order valence-electron chi connectivity index (χ1n) is 9.16. The first-order valence-corrected chi connectivity index (χ1v) is 9.16. The largest absolute Gasteiger partial charge is 0.489 e. The molecule has 0 aliphatic rings. The van der Waals surface area contributed by atoms with Crippen LogP contribution in [0.5, 0.6) is 5.75 Å². The van der Waals surface area contributed by atoms with Gasteiger partial charge in [-0.2, -0.15) is 0 Å². The molecule has 0 spiro atoms. The van der Waals surface area contributed by atoms with Crippen molar-refractivity contribution in [2.45, 2.75) is 40.3 Å². The Morgan fingerprint density at radius 3 is 2.36 bits per heavy atom. The van der Waals surface area contributed by atoms with E-state index in [0.717, 1.165) is 5.56 Å². The van der Waals surface area contributed by atoms with Crippen molar-refractivity contribution in [1.29, 1.82) is 0 Å². The fraction of sp³-hybridized carbons (Fsp3) is 0.364. The Bertz CT molecular complexity index is 815. The van der Waals surface area contributed by atoms with Gasteiger partial charge in [0.25, 0.3) is 0 Å². The maximum absolute atomic E-state index is 14.7. The maximum Gasteiger partial charge on any atom is 0.333 e. The first kappa shape index (κ1) is 21.4. The minimum Gasteiger partial charge on any atom is -0.489 e. The Morgan fingerprint density at radius 1 is 1.11 bits per heavy atom. The average molecular weight is 387 g/mol. The van der Waals surface area contributed by atoms with Crippen LogP contribution in [0.4, 0.5) is 4.39 Å². The van der Waals surface area contributed by atoms with E-state index in [-0.39, 0.29) is 18.1 Å². The van der Waals surface area contributed by atoms with Crippen molar-refractivity contribution in [3.8, 4) is 5.75 Å². The van der Waals surface area contributed by atoms with E-state index in [0.29, 0.717) is 12.4 Å². The molecule has 1 amide bonds. The van der Waals surface area contributed by atoms with Gasteiger partial charge in [-0.05, 0) is 24.6 Å². The molecule has 0 saturated carbocycles. The number of hydrogen-bond acceptors (Lipinski definition) is 4. The number of hydrogen-bond donors (Lipinski definition) is 1. The lowest BCUT2D eigenvalue weighted by Gasteiger charge is -2.24. The lowest BCUT2D eigenvalue weighted by molar-refractivity contribution is -0.148. The number of benzene rings is 2. The third-order valence-corrected chi connectivity index (χ3v) is 4.01. The van der Waals surface area contributed by atoms with E-state index in [4.69, 9.17) is 9.47 Å². The Balaban J connectivity index is 2.20. The van der Waals surface area contributed by atoms with Crippen LogP contribution in [0.15, 0.2) is 48.5 Å². The molecule has 2 aromatic carbocycles. The molecule has 6 heteroatoms. The van der Waals surface area contributed by atoms with Crippen molar-refractivity contribution in [3.05, 3.63) is 65.5 Å². The molecule has 1 N–H and O–H groups in total. The molecule has 0 heterocycles. The van der Waals surface area contributed by atoms with Crippen molar-refractivity contribution in [1.82, 2.24) is 5.32 Å². The van der Waals surface area contributed by atoms with Gasteiger partial charge < -0.3 is 14.8 Å². The van der Waals surface area contributed by atoms with Crippen LogP contribution in [0.2, 0.25) is 0 Å². The van der Waals surface area contributed by atoms with Crippen LogP contribution in [-0.2, 0) is 20.9 Å². The van der Waals surface area contributed by atoms with Crippen LogP contribution >= 0.6 is 0 Å². The molecule has 0 radical (unpaired) electrons. The fourth-order valence-corrected chi connectivity index (χ4v) is 2.41. The number of halogens is 1. The van der Waals surface area contributed by atoms with E-state index in [1.165, 1.54) is 12.1 Å². The van der Waals surface area contributed by atoms with Crippen LogP contribution in [0.1, 0.15) is 44.9 Å². The molecule has 0 unspecified atom stereocenters. The normalized spacial score (nSPS) is 12.2. The first-order chi connectivity index (χ1) is 13.2. The second kappa shape index (κ2) is 9.35. The maximum atomic E-state index is 14.7. The van der Waals surface area contributed by atoms with Crippen LogP contribution in [0.3, 0.4) is 0 Å². The van der Waals surface area contributed by atoms with Gasteiger partial charge in [0, 0.05) is 17.0 Å². The Morgan fingerprint density at radius 2 is 1.79 bits per heavy atom. The molecule has 2 aromatic rings. The van der Waals surface area contributed by atoms with Crippen LogP contribution in [0.25, 0.3) is 0 Å². The molecule has 0 bridgehead atoms. The van der Waals surface area contributed by atoms with E-state index in [1.807, 2.05) is 30.3 Å². The van der Waals surface area contributed by atoms with Gasteiger partial charge in [-0.15, -0.1) is 0 Å². The number of amides is 1. The van der Waals surface area contributed by atoms with E-state index < -0.39 is 23.2 Å². The molecule has 2 rings (SSSR count). The molecule has 0 fully saturated rings. The van der Waals surface area contributed by atoms with Gasteiger partial charge in [0.15, 0.2) is 6.04 Å². The highest BCUT2D eigenvalue weighted by Gasteiger charge is 2.31. The Kier molecular flexibility index (Phi) is 7.15. The van der Waals surface area contributed by atoms with Gasteiger partial charge >= 0.3 is 5.97 Å². The zero-order valence-electron chi connectivity index (χ0n) is 16.6. The summed E-state index contributed by atoms with van der Waals surface area (Å²) in [4.78, 5) is 24.6. The summed E-state index contributed by atoms with van der Waals surface area (Å²) in [7, 11) is 0.